The molecule has 7 heteroatoms. The lowest BCUT2D eigenvalue weighted by atomic mass is 10.2. The molecule has 2 N–H and O–H groups in total. The topological polar surface area (TPSA) is 66.9 Å². The van der Waals surface area contributed by atoms with Crippen molar-refractivity contribution in [1.29, 1.82) is 0 Å². The molecular formula is C18H14ClFN4O. The number of amides is 1. The molecule has 1 aromatic heterocycles. The van der Waals surface area contributed by atoms with E-state index >= 15 is 0 Å². The van der Waals surface area contributed by atoms with Crippen molar-refractivity contribution in [3.8, 4) is 0 Å². The fraction of sp³-hybridized carbons (Fsp3) is 0.0556. The molecule has 0 aliphatic heterocycles. The van der Waals surface area contributed by atoms with Gasteiger partial charge < -0.3 is 10.6 Å². The van der Waals surface area contributed by atoms with E-state index in [0.717, 1.165) is 5.69 Å². The van der Waals surface area contributed by atoms with Crippen molar-refractivity contribution in [2.45, 2.75) is 6.54 Å². The van der Waals surface area contributed by atoms with Gasteiger partial charge in [-0.05, 0) is 24.3 Å². The first-order valence-electron chi connectivity index (χ1n) is 7.48. The van der Waals surface area contributed by atoms with Crippen molar-refractivity contribution in [2.75, 3.05) is 5.32 Å². The summed E-state index contributed by atoms with van der Waals surface area (Å²) in [4.78, 5) is 20.3. The van der Waals surface area contributed by atoms with Crippen LogP contribution >= 0.6 is 11.6 Å². The number of anilines is 2. The minimum atomic E-state index is -0.377. The maximum atomic E-state index is 13.5. The maximum absolute atomic E-state index is 13.5. The van der Waals surface area contributed by atoms with Crippen LogP contribution in [-0.4, -0.2) is 15.9 Å². The van der Waals surface area contributed by atoms with E-state index in [2.05, 4.69) is 20.6 Å². The van der Waals surface area contributed by atoms with E-state index in [9.17, 15) is 9.18 Å². The Balaban J connectivity index is 1.61. The van der Waals surface area contributed by atoms with E-state index < -0.39 is 0 Å². The van der Waals surface area contributed by atoms with Crippen molar-refractivity contribution < 1.29 is 9.18 Å². The lowest BCUT2D eigenvalue weighted by Gasteiger charge is -2.07. The largest absolute Gasteiger partial charge is 0.348 e. The van der Waals surface area contributed by atoms with Gasteiger partial charge in [-0.25, -0.2) is 14.4 Å². The third kappa shape index (κ3) is 4.51. The zero-order valence-corrected chi connectivity index (χ0v) is 13.8. The number of nitrogens with zero attached hydrogens (tertiary/aromatic N) is 2. The summed E-state index contributed by atoms with van der Waals surface area (Å²) in [6.07, 6.45) is 2.80. The highest BCUT2D eigenvalue weighted by Gasteiger charge is 2.09. The zero-order valence-electron chi connectivity index (χ0n) is 13.0. The monoisotopic (exact) mass is 356 g/mol. The second-order valence-corrected chi connectivity index (χ2v) is 5.64. The Hall–Kier alpha value is -2.99. The normalized spacial score (nSPS) is 10.3. The van der Waals surface area contributed by atoms with E-state index in [1.54, 1.807) is 36.4 Å². The van der Waals surface area contributed by atoms with Gasteiger partial charge in [0.25, 0.3) is 5.91 Å². The van der Waals surface area contributed by atoms with Gasteiger partial charge in [-0.1, -0.05) is 35.9 Å². The van der Waals surface area contributed by atoms with Crippen LogP contribution in [0.3, 0.4) is 0 Å². The van der Waals surface area contributed by atoms with Gasteiger partial charge in [0.1, 0.15) is 5.82 Å². The van der Waals surface area contributed by atoms with E-state index in [-0.39, 0.29) is 23.8 Å². The first kappa shape index (κ1) is 16.9. The van der Waals surface area contributed by atoms with E-state index in [1.807, 2.05) is 6.07 Å². The molecule has 0 aliphatic rings. The second-order valence-electron chi connectivity index (χ2n) is 5.20. The summed E-state index contributed by atoms with van der Waals surface area (Å²) in [7, 11) is 0. The highest BCUT2D eigenvalue weighted by molar-refractivity contribution is 6.30. The molecule has 0 unspecified atom stereocenters. The molecule has 0 saturated carbocycles. The summed E-state index contributed by atoms with van der Waals surface area (Å²) in [6, 6.07) is 13.4. The molecule has 0 fully saturated rings. The van der Waals surface area contributed by atoms with E-state index in [0.29, 0.717) is 16.5 Å². The number of nitrogens with one attached hydrogen (secondary N) is 2. The number of aromatic nitrogens is 2. The van der Waals surface area contributed by atoms with Crippen molar-refractivity contribution in [3.05, 3.63) is 82.9 Å². The minimum Gasteiger partial charge on any atom is -0.348 e. The van der Waals surface area contributed by atoms with Gasteiger partial charge >= 0.3 is 0 Å². The van der Waals surface area contributed by atoms with Crippen LogP contribution in [0.25, 0.3) is 0 Å². The summed E-state index contributed by atoms with van der Waals surface area (Å²) in [5.41, 5.74) is 1.44. The Kier molecular flexibility index (Phi) is 5.20. The number of hydrogen-bond donors (Lipinski definition) is 2. The van der Waals surface area contributed by atoms with Gasteiger partial charge in [-0.2, -0.15) is 0 Å². The van der Waals surface area contributed by atoms with Gasteiger partial charge in [0, 0.05) is 35.2 Å². The molecule has 0 bridgehead atoms. The molecule has 0 saturated heterocycles. The van der Waals surface area contributed by atoms with Gasteiger partial charge in [0.15, 0.2) is 0 Å². The lowest BCUT2D eigenvalue weighted by Crippen LogP contribution is -2.23. The van der Waals surface area contributed by atoms with Gasteiger partial charge in [-0.3, -0.25) is 4.79 Å². The zero-order chi connectivity index (χ0) is 17.6. The van der Waals surface area contributed by atoms with Crippen LogP contribution in [0.4, 0.5) is 16.0 Å². The highest BCUT2D eigenvalue weighted by Crippen LogP contribution is 2.17. The summed E-state index contributed by atoms with van der Waals surface area (Å²) in [5, 5.41) is 6.22. The Morgan fingerprint density at radius 1 is 1.08 bits per heavy atom. The quantitative estimate of drug-likeness (QED) is 0.726. The molecular weight excluding hydrogens is 343 g/mol. The molecule has 3 aromatic rings. The summed E-state index contributed by atoms with van der Waals surface area (Å²) in [6.45, 7) is 0.0913. The molecule has 0 spiro atoms. The number of carbonyl (C=O) groups excluding carboxylic acids is 1. The molecule has 0 aliphatic carbocycles. The van der Waals surface area contributed by atoms with Crippen LogP contribution in [0, 0.1) is 5.82 Å². The Bertz CT molecular complexity index is 886. The number of hydrogen-bond acceptors (Lipinski definition) is 4. The van der Waals surface area contributed by atoms with Gasteiger partial charge in [-0.15, -0.1) is 0 Å². The average Bonchev–Trinajstić information content (AvgIpc) is 2.61. The fourth-order valence-electron chi connectivity index (χ4n) is 2.12. The predicted octanol–water partition coefficient (Wildman–Crippen LogP) is 3.94. The van der Waals surface area contributed by atoms with Crippen LogP contribution in [0.15, 0.2) is 60.9 Å². The molecule has 1 amide bonds. The first-order chi connectivity index (χ1) is 12.1. The molecule has 0 radical (unpaired) electrons. The average molecular weight is 357 g/mol. The number of carbonyl (C=O) groups is 1. The van der Waals surface area contributed by atoms with Crippen LogP contribution < -0.4 is 10.6 Å². The molecule has 25 heavy (non-hydrogen) atoms. The van der Waals surface area contributed by atoms with E-state index in [4.69, 9.17) is 11.6 Å². The van der Waals surface area contributed by atoms with Crippen LogP contribution in [0.2, 0.25) is 5.02 Å². The van der Waals surface area contributed by atoms with Crippen molar-refractivity contribution in [1.82, 2.24) is 15.3 Å². The predicted molar refractivity (Wildman–Crippen MR) is 94.3 cm³/mol. The lowest BCUT2D eigenvalue weighted by molar-refractivity contribution is 0.0950. The summed E-state index contributed by atoms with van der Waals surface area (Å²) < 4.78 is 13.5. The second kappa shape index (κ2) is 7.72. The molecule has 0 atom stereocenters. The molecule has 2 aromatic carbocycles. The first-order valence-corrected chi connectivity index (χ1v) is 7.86. The number of benzene rings is 2. The maximum Gasteiger partial charge on any atom is 0.254 e. The summed E-state index contributed by atoms with van der Waals surface area (Å²) in [5.74, 6) is -0.398. The third-order valence-corrected chi connectivity index (χ3v) is 3.63. The van der Waals surface area contributed by atoms with Crippen molar-refractivity contribution >= 4 is 29.1 Å². The fourth-order valence-corrected chi connectivity index (χ4v) is 2.31. The van der Waals surface area contributed by atoms with Crippen molar-refractivity contribution in [3.63, 3.8) is 0 Å². The van der Waals surface area contributed by atoms with Crippen LogP contribution in [-0.2, 0) is 6.54 Å². The Labute approximate surface area is 148 Å². The van der Waals surface area contributed by atoms with Crippen LogP contribution in [0.5, 0.6) is 0 Å². The Morgan fingerprint density at radius 3 is 2.56 bits per heavy atom. The van der Waals surface area contributed by atoms with Gasteiger partial charge in [0.2, 0.25) is 5.95 Å². The number of halogens is 2. The SMILES string of the molecule is O=C(NCc1ccccc1F)c1cnc(Nc2cccc(Cl)c2)nc1. The molecule has 126 valence electrons. The number of rotatable bonds is 5. The third-order valence-electron chi connectivity index (χ3n) is 3.39. The van der Waals surface area contributed by atoms with Crippen molar-refractivity contribution in [2.24, 2.45) is 0 Å². The minimum absolute atomic E-state index is 0.0913. The molecule has 3 rings (SSSR count). The van der Waals surface area contributed by atoms with Crippen LogP contribution in [0.1, 0.15) is 15.9 Å². The Morgan fingerprint density at radius 2 is 1.84 bits per heavy atom. The standard InChI is InChI=1S/C18H14ClFN4O/c19-14-5-3-6-15(8-14)24-18-22-10-13(11-23-18)17(25)21-9-12-4-1-2-7-16(12)20/h1-8,10-11H,9H2,(H,21,25)(H,22,23,24). The molecule has 1 heterocycles. The summed E-state index contributed by atoms with van der Waals surface area (Å²) >= 11 is 5.91. The smallest absolute Gasteiger partial charge is 0.254 e. The molecule has 5 nitrogen and oxygen atoms in total. The van der Waals surface area contributed by atoms with Gasteiger partial charge in [0.05, 0.1) is 5.56 Å². The van der Waals surface area contributed by atoms with E-state index in [1.165, 1.54) is 18.5 Å². The highest BCUT2D eigenvalue weighted by atomic mass is 35.5.